The van der Waals surface area contributed by atoms with Crippen LogP contribution in [0.2, 0.25) is 0 Å². The molecule has 5 heteroatoms. The fourth-order valence-electron chi connectivity index (χ4n) is 6.10. The third-order valence-electron chi connectivity index (χ3n) is 9.21. The van der Waals surface area contributed by atoms with E-state index >= 15 is 0 Å². The molecule has 0 aliphatic rings. The van der Waals surface area contributed by atoms with Crippen molar-refractivity contribution in [1.82, 2.24) is 0 Å². The van der Waals surface area contributed by atoms with Gasteiger partial charge in [-0.15, -0.1) is 0 Å². The first-order valence-electron chi connectivity index (χ1n) is 20.7. The second-order valence-corrected chi connectivity index (χ2v) is 14.0. The zero-order valence-corrected chi connectivity index (χ0v) is 32.1. The van der Waals surface area contributed by atoms with Crippen LogP contribution in [0.25, 0.3) is 0 Å². The smallest absolute Gasteiger partial charge is 0.306 e. The lowest BCUT2D eigenvalue weighted by Crippen LogP contribution is -2.43. The number of hydrogen-bond acceptors (Lipinski definition) is 4. The minimum atomic E-state index is -0.485. The average Bonchev–Trinajstić information content (AvgIpc) is 3.11. The molecule has 280 valence electrons. The van der Waals surface area contributed by atoms with Crippen LogP contribution < -0.4 is 4.57 Å². The lowest BCUT2D eigenvalue weighted by Gasteiger charge is -2.16. The zero-order valence-electron chi connectivity index (χ0n) is 32.1. The summed E-state index contributed by atoms with van der Waals surface area (Å²) >= 11 is 0. The molecule has 0 fully saturated rings. The topological polar surface area (TPSA) is 56.5 Å². The molecule has 49 heavy (non-hydrogen) atoms. The second kappa shape index (κ2) is 35.4. The van der Waals surface area contributed by atoms with Gasteiger partial charge in [-0.1, -0.05) is 147 Å². The van der Waals surface area contributed by atoms with Crippen LogP contribution >= 0.6 is 0 Å². The highest BCUT2D eigenvalue weighted by atomic mass is 16.6. The summed E-state index contributed by atoms with van der Waals surface area (Å²) in [6, 6.07) is 5.85. The first-order chi connectivity index (χ1) is 24.2. The Kier molecular flexibility index (Phi) is 32.2. The molecule has 0 bridgehead atoms. The number of aromatic nitrogens is 1. The van der Waals surface area contributed by atoms with E-state index in [1.165, 1.54) is 116 Å². The van der Waals surface area contributed by atoms with E-state index in [0.29, 0.717) is 19.4 Å². The van der Waals surface area contributed by atoms with E-state index in [-0.39, 0.29) is 18.5 Å². The molecular weight excluding hydrogens is 606 g/mol. The van der Waals surface area contributed by atoms with Gasteiger partial charge in [0.15, 0.2) is 25.0 Å². The highest BCUT2D eigenvalue weighted by Gasteiger charge is 2.21. The molecule has 1 unspecified atom stereocenters. The van der Waals surface area contributed by atoms with E-state index in [4.69, 9.17) is 9.47 Å². The number of hydrogen-bond donors (Lipinski definition) is 0. The summed E-state index contributed by atoms with van der Waals surface area (Å²) < 4.78 is 13.4. The molecule has 0 radical (unpaired) electrons. The van der Waals surface area contributed by atoms with Crippen molar-refractivity contribution in [2.45, 2.75) is 206 Å². The summed E-state index contributed by atoms with van der Waals surface area (Å²) in [5.74, 6) is -0.401. The van der Waals surface area contributed by atoms with Gasteiger partial charge < -0.3 is 9.47 Å². The first-order valence-corrected chi connectivity index (χ1v) is 20.7. The van der Waals surface area contributed by atoms with Crippen LogP contribution in [0.5, 0.6) is 0 Å². The fourth-order valence-corrected chi connectivity index (χ4v) is 6.10. The molecule has 1 atom stereocenters. The number of allylic oxidation sites excluding steroid dienone is 4. The molecule has 0 N–H and O–H groups in total. The average molecular weight is 683 g/mol. The summed E-state index contributed by atoms with van der Waals surface area (Å²) in [5, 5.41) is 0. The molecular formula is C44H76NO4+. The van der Waals surface area contributed by atoms with Crippen LogP contribution in [-0.2, 0) is 25.6 Å². The highest BCUT2D eigenvalue weighted by molar-refractivity contribution is 5.70. The predicted molar refractivity (Wildman–Crippen MR) is 206 cm³/mol. The molecule has 0 saturated heterocycles. The molecule has 0 aromatic carbocycles. The number of unbranched alkanes of at least 4 members (excludes halogenated alkanes) is 22. The maximum Gasteiger partial charge on any atom is 0.306 e. The summed E-state index contributed by atoms with van der Waals surface area (Å²) in [6.45, 7) is 5.11. The number of nitrogens with zero attached hydrogens (tertiary/aromatic N) is 1. The molecule has 5 nitrogen and oxygen atoms in total. The molecule has 0 saturated carbocycles. The highest BCUT2D eigenvalue weighted by Crippen LogP contribution is 2.13. The van der Waals surface area contributed by atoms with Crippen molar-refractivity contribution in [2.75, 3.05) is 6.61 Å². The first kappa shape index (κ1) is 44.6. The lowest BCUT2D eigenvalue weighted by atomic mass is 10.1. The lowest BCUT2D eigenvalue weighted by molar-refractivity contribution is -0.703. The van der Waals surface area contributed by atoms with Crippen molar-refractivity contribution in [1.29, 1.82) is 0 Å². The number of pyridine rings is 1. The quantitative estimate of drug-likeness (QED) is 0.0309. The molecule has 0 spiro atoms. The maximum absolute atomic E-state index is 12.7. The van der Waals surface area contributed by atoms with Gasteiger partial charge in [0, 0.05) is 25.0 Å². The van der Waals surface area contributed by atoms with Gasteiger partial charge in [-0.05, 0) is 64.2 Å². The summed E-state index contributed by atoms with van der Waals surface area (Å²) in [7, 11) is 0. The van der Waals surface area contributed by atoms with E-state index in [0.717, 1.165) is 51.4 Å². The van der Waals surface area contributed by atoms with Gasteiger partial charge in [0.05, 0.1) is 0 Å². The van der Waals surface area contributed by atoms with Crippen molar-refractivity contribution in [2.24, 2.45) is 0 Å². The van der Waals surface area contributed by atoms with Crippen molar-refractivity contribution >= 4 is 11.9 Å². The van der Waals surface area contributed by atoms with Crippen LogP contribution in [0.1, 0.15) is 194 Å². The van der Waals surface area contributed by atoms with Crippen LogP contribution in [0.3, 0.4) is 0 Å². The third kappa shape index (κ3) is 31.3. The Morgan fingerprint density at radius 2 is 0.898 bits per heavy atom. The molecule has 1 aromatic heterocycles. The van der Waals surface area contributed by atoms with Crippen LogP contribution in [0, 0.1) is 0 Å². The third-order valence-corrected chi connectivity index (χ3v) is 9.21. The number of esters is 2. The normalized spacial score (nSPS) is 12.2. The minimum Gasteiger partial charge on any atom is -0.461 e. The van der Waals surface area contributed by atoms with E-state index in [1.54, 1.807) is 0 Å². The van der Waals surface area contributed by atoms with E-state index in [1.807, 2.05) is 35.2 Å². The molecule has 0 aliphatic heterocycles. The van der Waals surface area contributed by atoms with Crippen molar-refractivity contribution < 1.29 is 23.6 Å². The monoisotopic (exact) mass is 683 g/mol. The number of carbonyl (C=O) groups excluding carboxylic acids is 2. The predicted octanol–water partition coefficient (Wildman–Crippen LogP) is 12.5. The maximum atomic E-state index is 12.7. The van der Waals surface area contributed by atoms with E-state index in [9.17, 15) is 9.59 Å². The van der Waals surface area contributed by atoms with Crippen molar-refractivity contribution in [3.05, 3.63) is 54.9 Å². The summed E-state index contributed by atoms with van der Waals surface area (Å²) in [4.78, 5) is 25.1. The van der Waals surface area contributed by atoms with Crippen LogP contribution in [0.15, 0.2) is 54.9 Å². The Morgan fingerprint density at radius 3 is 1.35 bits per heavy atom. The Bertz CT molecular complexity index is 928. The molecule has 0 amide bonds. The van der Waals surface area contributed by atoms with E-state index in [2.05, 4.69) is 38.2 Å². The Hall–Kier alpha value is -2.43. The molecule has 1 heterocycles. The molecule has 1 aromatic rings. The van der Waals surface area contributed by atoms with Crippen LogP contribution in [0.4, 0.5) is 0 Å². The summed E-state index contributed by atoms with van der Waals surface area (Å²) in [5.41, 5.74) is 0. The Labute approximate surface area is 302 Å². The minimum absolute atomic E-state index is 0.101. The van der Waals surface area contributed by atoms with Gasteiger partial charge in [-0.25, -0.2) is 4.57 Å². The van der Waals surface area contributed by atoms with Crippen molar-refractivity contribution in [3.63, 3.8) is 0 Å². The van der Waals surface area contributed by atoms with Gasteiger partial charge >= 0.3 is 11.9 Å². The Morgan fingerprint density at radius 1 is 0.510 bits per heavy atom. The van der Waals surface area contributed by atoms with E-state index < -0.39 is 6.10 Å². The number of rotatable bonds is 35. The summed E-state index contributed by atoms with van der Waals surface area (Å²) in [6.07, 6.45) is 45.6. The van der Waals surface area contributed by atoms with Gasteiger partial charge in [-0.3, -0.25) is 9.59 Å². The van der Waals surface area contributed by atoms with Gasteiger partial charge in [-0.2, -0.15) is 0 Å². The standard InChI is InChI=1S/C44H76NO4/c1-3-5-7-9-11-13-15-17-19-21-23-25-27-29-32-36-43(46)48-41-42(40-45-38-34-31-35-39-45)49-44(47)37-33-30-28-26-24-22-20-18-16-14-12-10-8-6-4-2/h17-20,31,34-35,38-39,42H,3-16,21-30,32-33,36-37,40-41H2,1-2H3/q+1/b19-17+,20-18+. The fraction of sp³-hybridized carbons (Fsp3) is 0.750. The number of carbonyl (C=O) groups is 2. The largest absolute Gasteiger partial charge is 0.461 e. The number of ether oxygens (including phenoxy) is 2. The zero-order chi connectivity index (χ0) is 35.3. The SMILES string of the molecule is CCCCCCCC/C=C/CCCCCCCC(=O)OCC(C[n+]1ccccc1)OC(=O)CCCCCCC/C=C/CCCCCCCC. The second-order valence-electron chi connectivity index (χ2n) is 14.0. The van der Waals surface area contributed by atoms with Gasteiger partial charge in [0.25, 0.3) is 0 Å². The molecule has 1 rings (SSSR count). The van der Waals surface area contributed by atoms with Gasteiger partial charge in [0.1, 0.15) is 6.61 Å². The van der Waals surface area contributed by atoms with Gasteiger partial charge in [0.2, 0.25) is 0 Å². The van der Waals surface area contributed by atoms with Crippen molar-refractivity contribution in [3.8, 4) is 0 Å². The van der Waals surface area contributed by atoms with Crippen LogP contribution in [-0.4, -0.2) is 24.6 Å². The molecule has 0 aliphatic carbocycles. The Balaban J connectivity index is 2.14.